The summed E-state index contributed by atoms with van der Waals surface area (Å²) in [7, 11) is 0. The Morgan fingerprint density at radius 3 is 2.55 bits per heavy atom. The van der Waals surface area contributed by atoms with Crippen molar-refractivity contribution in [3.05, 3.63) is 29.6 Å². The van der Waals surface area contributed by atoms with Crippen molar-refractivity contribution in [1.82, 2.24) is 5.32 Å². The van der Waals surface area contributed by atoms with Gasteiger partial charge in [0.1, 0.15) is 17.9 Å². The lowest BCUT2D eigenvalue weighted by molar-refractivity contribution is -0.140. The first-order valence-electron chi connectivity index (χ1n) is 5.85. The molecule has 1 atom stereocenters. The van der Waals surface area contributed by atoms with Crippen LogP contribution in [0, 0.1) is 23.1 Å². The summed E-state index contributed by atoms with van der Waals surface area (Å²) in [6, 6.07) is 3.22. The van der Waals surface area contributed by atoms with Crippen molar-refractivity contribution in [2.75, 3.05) is 5.32 Å². The molecule has 0 radical (unpaired) electrons. The van der Waals surface area contributed by atoms with Gasteiger partial charge in [0, 0.05) is 0 Å². The molecule has 0 spiro atoms. The second-order valence-corrected chi connectivity index (χ2v) is 4.46. The molecule has 20 heavy (non-hydrogen) atoms. The molecule has 0 bridgehead atoms. The highest BCUT2D eigenvalue weighted by molar-refractivity contribution is 5.93. The van der Waals surface area contributed by atoms with Gasteiger partial charge in [-0.15, -0.1) is 0 Å². The van der Waals surface area contributed by atoms with Gasteiger partial charge in [-0.3, -0.25) is 0 Å². The zero-order valence-corrected chi connectivity index (χ0v) is 11.0. The number of anilines is 1. The lowest BCUT2D eigenvalue weighted by atomic mass is 10.1. The molecule has 6 nitrogen and oxygen atoms in total. The van der Waals surface area contributed by atoms with E-state index in [0.717, 1.165) is 12.1 Å². The third-order valence-electron chi connectivity index (χ3n) is 2.57. The first-order chi connectivity index (χ1) is 9.35. The van der Waals surface area contributed by atoms with E-state index < -0.39 is 23.9 Å². The summed E-state index contributed by atoms with van der Waals surface area (Å²) in [6.07, 6.45) is 0. The number of carboxylic acid groups (broad SMARTS) is 1. The van der Waals surface area contributed by atoms with Crippen molar-refractivity contribution in [2.45, 2.75) is 19.9 Å². The molecule has 0 aliphatic rings. The van der Waals surface area contributed by atoms with Gasteiger partial charge in [-0.25, -0.2) is 14.0 Å². The summed E-state index contributed by atoms with van der Waals surface area (Å²) in [5.41, 5.74) is 0.0656. The van der Waals surface area contributed by atoms with Crippen LogP contribution in [-0.2, 0) is 4.79 Å². The summed E-state index contributed by atoms with van der Waals surface area (Å²) < 4.78 is 12.9. The van der Waals surface area contributed by atoms with E-state index in [1.807, 2.05) is 0 Å². The maximum atomic E-state index is 12.9. The molecular formula is C13H14FN3O3. The number of carboxylic acids is 1. The van der Waals surface area contributed by atoms with Gasteiger partial charge in [-0.1, -0.05) is 13.8 Å². The molecule has 1 aromatic rings. The number of benzene rings is 1. The number of urea groups is 1. The molecule has 0 aromatic heterocycles. The Kier molecular flexibility index (Phi) is 5.03. The molecule has 7 heteroatoms. The quantitative estimate of drug-likeness (QED) is 0.783. The molecule has 0 aliphatic carbocycles. The van der Waals surface area contributed by atoms with Gasteiger partial charge in [0.15, 0.2) is 0 Å². The Labute approximate surface area is 115 Å². The largest absolute Gasteiger partial charge is 0.480 e. The number of carbonyl (C=O) groups is 2. The van der Waals surface area contributed by atoms with Crippen molar-refractivity contribution >= 4 is 17.7 Å². The number of carbonyl (C=O) groups excluding carboxylic acids is 1. The van der Waals surface area contributed by atoms with Crippen LogP contribution in [0.3, 0.4) is 0 Å². The summed E-state index contributed by atoms with van der Waals surface area (Å²) >= 11 is 0. The van der Waals surface area contributed by atoms with Gasteiger partial charge in [0.25, 0.3) is 0 Å². The standard InChI is InChI=1S/C13H14FN3O3/c1-7(2)11(12(18)19)17-13(20)16-10-4-3-9(14)5-8(10)6-15/h3-5,7,11H,1-2H3,(H,18,19)(H2,16,17,20)/t11-/m0/s1. The first-order valence-corrected chi connectivity index (χ1v) is 5.85. The van der Waals surface area contributed by atoms with Crippen LogP contribution in [0.15, 0.2) is 18.2 Å². The smallest absolute Gasteiger partial charge is 0.326 e. The monoisotopic (exact) mass is 279 g/mol. The topological polar surface area (TPSA) is 102 Å². The van der Waals surface area contributed by atoms with E-state index in [4.69, 9.17) is 10.4 Å². The normalized spacial score (nSPS) is 11.6. The fraction of sp³-hybridized carbons (Fsp3) is 0.308. The first kappa shape index (κ1) is 15.4. The van der Waals surface area contributed by atoms with E-state index in [9.17, 15) is 14.0 Å². The minimum atomic E-state index is -1.16. The Morgan fingerprint density at radius 1 is 1.40 bits per heavy atom. The minimum absolute atomic E-state index is 0.0448. The SMILES string of the molecule is CC(C)[C@H](NC(=O)Nc1ccc(F)cc1C#N)C(=O)O. The molecular weight excluding hydrogens is 265 g/mol. The number of hydrogen-bond acceptors (Lipinski definition) is 3. The third kappa shape index (κ3) is 3.95. The minimum Gasteiger partial charge on any atom is -0.480 e. The number of amides is 2. The zero-order chi connectivity index (χ0) is 15.3. The van der Waals surface area contributed by atoms with E-state index in [1.165, 1.54) is 6.07 Å². The number of halogens is 1. The average molecular weight is 279 g/mol. The van der Waals surface area contributed by atoms with Gasteiger partial charge >= 0.3 is 12.0 Å². The second kappa shape index (κ2) is 6.52. The van der Waals surface area contributed by atoms with Gasteiger partial charge < -0.3 is 15.7 Å². The third-order valence-corrected chi connectivity index (χ3v) is 2.57. The molecule has 2 amide bonds. The predicted molar refractivity (Wildman–Crippen MR) is 69.5 cm³/mol. The van der Waals surface area contributed by atoms with Crippen LogP contribution in [0.25, 0.3) is 0 Å². The number of nitrogens with one attached hydrogen (secondary N) is 2. The molecule has 1 rings (SSSR count). The molecule has 0 saturated carbocycles. The number of nitriles is 1. The highest BCUT2D eigenvalue weighted by Gasteiger charge is 2.23. The number of nitrogens with zero attached hydrogens (tertiary/aromatic N) is 1. The Hall–Kier alpha value is -2.62. The Balaban J connectivity index is 2.81. The van der Waals surface area contributed by atoms with Crippen molar-refractivity contribution in [3.63, 3.8) is 0 Å². The molecule has 0 heterocycles. The van der Waals surface area contributed by atoms with Crippen LogP contribution in [0.4, 0.5) is 14.9 Å². The van der Waals surface area contributed by atoms with Crippen molar-refractivity contribution in [1.29, 1.82) is 5.26 Å². The molecule has 0 saturated heterocycles. The van der Waals surface area contributed by atoms with Crippen LogP contribution in [0.1, 0.15) is 19.4 Å². The summed E-state index contributed by atoms with van der Waals surface area (Å²) in [4.78, 5) is 22.6. The fourth-order valence-electron chi connectivity index (χ4n) is 1.53. The Morgan fingerprint density at radius 2 is 2.05 bits per heavy atom. The maximum Gasteiger partial charge on any atom is 0.326 e. The van der Waals surface area contributed by atoms with Gasteiger partial charge in [0.2, 0.25) is 0 Å². The van der Waals surface area contributed by atoms with Gasteiger partial charge in [-0.05, 0) is 24.1 Å². The van der Waals surface area contributed by atoms with E-state index in [2.05, 4.69) is 10.6 Å². The van der Waals surface area contributed by atoms with E-state index in [-0.39, 0.29) is 17.2 Å². The van der Waals surface area contributed by atoms with Crippen LogP contribution in [0.5, 0.6) is 0 Å². The highest BCUT2D eigenvalue weighted by atomic mass is 19.1. The molecule has 106 valence electrons. The van der Waals surface area contributed by atoms with Crippen molar-refractivity contribution < 1.29 is 19.1 Å². The highest BCUT2D eigenvalue weighted by Crippen LogP contribution is 2.16. The van der Waals surface area contributed by atoms with Gasteiger partial charge in [-0.2, -0.15) is 5.26 Å². The lowest BCUT2D eigenvalue weighted by Gasteiger charge is -2.18. The fourth-order valence-corrected chi connectivity index (χ4v) is 1.53. The lowest BCUT2D eigenvalue weighted by Crippen LogP contribution is -2.46. The van der Waals surface area contributed by atoms with Crippen LogP contribution in [0.2, 0.25) is 0 Å². The van der Waals surface area contributed by atoms with E-state index in [1.54, 1.807) is 19.9 Å². The predicted octanol–water partition coefficient (Wildman–Crippen LogP) is 1.93. The van der Waals surface area contributed by atoms with Gasteiger partial charge in [0.05, 0.1) is 11.3 Å². The molecule has 0 fully saturated rings. The zero-order valence-electron chi connectivity index (χ0n) is 11.0. The summed E-state index contributed by atoms with van der Waals surface area (Å²) in [5, 5.41) is 22.4. The van der Waals surface area contributed by atoms with Crippen molar-refractivity contribution in [2.24, 2.45) is 5.92 Å². The average Bonchev–Trinajstić information content (AvgIpc) is 2.37. The van der Waals surface area contributed by atoms with Crippen molar-refractivity contribution in [3.8, 4) is 6.07 Å². The molecule has 0 aliphatic heterocycles. The van der Waals surface area contributed by atoms with E-state index in [0.29, 0.717) is 0 Å². The maximum absolute atomic E-state index is 12.9. The Bertz CT molecular complexity index is 566. The van der Waals surface area contributed by atoms with Crippen LogP contribution >= 0.6 is 0 Å². The number of rotatable bonds is 4. The molecule has 1 aromatic carbocycles. The van der Waals surface area contributed by atoms with Crippen LogP contribution in [-0.4, -0.2) is 23.1 Å². The number of hydrogen-bond donors (Lipinski definition) is 3. The summed E-state index contributed by atoms with van der Waals surface area (Å²) in [5.74, 6) is -2.06. The molecule has 3 N–H and O–H groups in total. The molecule has 0 unspecified atom stereocenters. The second-order valence-electron chi connectivity index (χ2n) is 4.46. The number of aliphatic carboxylic acids is 1. The summed E-state index contributed by atoms with van der Waals surface area (Å²) in [6.45, 7) is 3.30. The van der Waals surface area contributed by atoms with E-state index >= 15 is 0 Å². The van der Waals surface area contributed by atoms with Crippen LogP contribution < -0.4 is 10.6 Å².